The summed E-state index contributed by atoms with van der Waals surface area (Å²) in [7, 11) is 0. The summed E-state index contributed by atoms with van der Waals surface area (Å²) in [4.78, 5) is 31.3. The average Bonchev–Trinajstić information content (AvgIpc) is 2.82. The number of para-hydroxylation sites is 1. The molecule has 0 spiro atoms. The molecule has 5 rings (SSSR count). The third kappa shape index (κ3) is 2.43. The van der Waals surface area contributed by atoms with E-state index in [-0.39, 0.29) is 17.5 Å². The highest BCUT2D eigenvalue weighted by Crippen LogP contribution is 2.30. The first-order valence-corrected chi connectivity index (χ1v) is 9.53. The van der Waals surface area contributed by atoms with E-state index in [1.807, 2.05) is 54.6 Å². The van der Waals surface area contributed by atoms with Crippen LogP contribution in [-0.2, 0) is 0 Å². The van der Waals surface area contributed by atoms with Gasteiger partial charge in [0.1, 0.15) is 5.82 Å². The van der Waals surface area contributed by atoms with Crippen LogP contribution in [0, 0.1) is 0 Å². The van der Waals surface area contributed by atoms with Crippen molar-refractivity contribution in [3.8, 4) is 5.69 Å². The number of amides is 1. The van der Waals surface area contributed by atoms with E-state index in [0.717, 1.165) is 17.2 Å². The molecule has 3 aromatic carbocycles. The Morgan fingerprint density at radius 1 is 1.00 bits per heavy atom. The predicted octanol–water partition coefficient (Wildman–Crippen LogP) is 4.12. The molecule has 5 nitrogen and oxygen atoms in total. The highest BCUT2D eigenvalue weighted by atomic mass is 16.2. The SMILES string of the molecule is CCCC1NC(=O)c2cc3ccccc3cc2-n2c1nc1ccccc1c2=O. The number of carbonyl (C=O) groups excluding carboxylic acids is 1. The quantitative estimate of drug-likeness (QED) is 0.578. The number of nitrogens with one attached hydrogen (secondary N) is 1. The molecule has 0 aliphatic carbocycles. The third-order valence-corrected chi connectivity index (χ3v) is 5.35. The van der Waals surface area contributed by atoms with E-state index in [4.69, 9.17) is 4.98 Å². The molecular formula is C23H19N3O2. The van der Waals surface area contributed by atoms with Crippen LogP contribution >= 0.6 is 0 Å². The second-order valence-corrected chi connectivity index (χ2v) is 7.16. The van der Waals surface area contributed by atoms with Crippen LogP contribution in [0.25, 0.3) is 27.4 Å². The predicted molar refractivity (Wildman–Crippen MR) is 110 cm³/mol. The van der Waals surface area contributed by atoms with Crippen LogP contribution in [0.1, 0.15) is 42.0 Å². The minimum atomic E-state index is -0.315. The molecule has 0 saturated carbocycles. The van der Waals surface area contributed by atoms with Gasteiger partial charge in [0.05, 0.1) is 28.2 Å². The number of benzene rings is 3. The average molecular weight is 369 g/mol. The summed E-state index contributed by atoms with van der Waals surface area (Å²) in [5.74, 6) is 0.418. The number of hydrogen-bond donors (Lipinski definition) is 1. The molecule has 1 unspecified atom stereocenters. The molecule has 1 amide bonds. The van der Waals surface area contributed by atoms with Gasteiger partial charge in [0.25, 0.3) is 11.5 Å². The van der Waals surface area contributed by atoms with Crippen LogP contribution in [0.15, 0.2) is 65.5 Å². The van der Waals surface area contributed by atoms with Gasteiger partial charge in [-0.2, -0.15) is 0 Å². The fourth-order valence-corrected chi connectivity index (χ4v) is 4.00. The van der Waals surface area contributed by atoms with Crippen molar-refractivity contribution < 1.29 is 4.79 Å². The van der Waals surface area contributed by atoms with Crippen LogP contribution in [-0.4, -0.2) is 15.5 Å². The molecule has 5 heteroatoms. The van der Waals surface area contributed by atoms with Gasteiger partial charge in [0.2, 0.25) is 0 Å². The molecule has 138 valence electrons. The molecule has 0 fully saturated rings. The van der Waals surface area contributed by atoms with Crippen molar-refractivity contribution >= 4 is 27.6 Å². The minimum Gasteiger partial charge on any atom is -0.342 e. The molecule has 2 heterocycles. The Morgan fingerprint density at radius 3 is 2.50 bits per heavy atom. The van der Waals surface area contributed by atoms with Crippen molar-refractivity contribution in [1.82, 2.24) is 14.9 Å². The molecule has 0 bridgehead atoms. The molecule has 0 radical (unpaired) electrons. The molecule has 0 saturated heterocycles. The van der Waals surface area contributed by atoms with Crippen LogP contribution < -0.4 is 10.9 Å². The molecule has 1 aromatic heterocycles. The van der Waals surface area contributed by atoms with Gasteiger partial charge in [0, 0.05) is 0 Å². The molecule has 28 heavy (non-hydrogen) atoms. The monoisotopic (exact) mass is 369 g/mol. The molecule has 4 aromatic rings. The van der Waals surface area contributed by atoms with Gasteiger partial charge >= 0.3 is 0 Å². The summed E-state index contributed by atoms with van der Waals surface area (Å²) in [6.07, 6.45) is 1.58. The summed E-state index contributed by atoms with van der Waals surface area (Å²) < 4.78 is 1.63. The van der Waals surface area contributed by atoms with Crippen LogP contribution in [0.5, 0.6) is 0 Å². The second kappa shape index (κ2) is 6.30. The minimum absolute atomic E-state index is 0.144. The summed E-state index contributed by atoms with van der Waals surface area (Å²) >= 11 is 0. The number of fused-ring (bicyclic) bond motifs is 5. The lowest BCUT2D eigenvalue weighted by Gasteiger charge is -2.18. The van der Waals surface area contributed by atoms with Crippen molar-refractivity contribution in [1.29, 1.82) is 0 Å². The largest absolute Gasteiger partial charge is 0.342 e. The van der Waals surface area contributed by atoms with E-state index in [0.29, 0.717) is 34.4 Å². The van der Waals surface area contributed by atoms with Gasteiger partial charge in [-0.3, -0.25) is 14.2 Å². The Hall–Kier alpha value is -3.47. The van der Waals surface area contributed by atoms with Gasteiger partial charge in [-0.25, -0.2) is 4.98 Å². The van der Waals surface area contributed by atoms with Crippen molar-refractivity contribution in [2.75, 3.05) is 0 Å². The van der Waals surface area contributed by atoms with Gasteiger partial charge < -0.3 is 5.32 Å². The van der Waals surface area contributed by atoms with Gasteiger partial charge in [-0.1, -0.05) is 49.7 Å². The zero-order valence-electron chi connectivity index (χ0n) is 15.5. The second-order valence-electron chi connectivity index (χ2n) is 7.16. The van der Waals surface area contributed by atoms with Crippen molar-refractivity contribution in [2.24, 2.45) is 0 Å². The maximum atomic E-state index is 13.5. The van der Waals surface area contributed by atoms with Crippen molar-refractivity contribution in [2.45, 2.75) is 25.8 Å². The first kappa shape index (κ1) is 16.7. The van der Waals surface area contributed by atoms with E-state index < -0.39 is 0 Å². The number of rotatable bonds is 2. The third-order valence-electron chi connectivity index (χ3n) is 5.35. The van der Waals surface area contributed by atoms with Crippen molar-refractivity contribution in [3.05, 3.63) is 82.4 Å². The Bertz CT molecular complexity index is 1310. The van der Waals surface area contributed by atoms with E-state index >= 15 is 0 Å². The maximum Gasteiger partial charge on any atom is 0.266 e. The Kier molecular flexibility index (Phi) is 3.76. The topological polar surface area (TPSA) is 64.0 Å². The standard InChI is InChI=1S/C23H19N3O2/c1-2-7-19-21-24-18-11-6-5-10-16(18)23(28)26(21)20-13-15-9-4-3-8-14(15)12-17(20)22(27)25-19/h3-6,8-13,19H,2,7H2,1H3,(H,25,27). The number of carbonyl (C=O) groups is 1. The summed E-state index contributed by atoms with van der Waals surface area (Å²) in [5.41, 5.74) is 1.60. The maximum absolute atomic E-state index is 13.5. The van der Waals surface area contributed by atoms with Gasteiger partial charge in [-0.05, 0) is 41.5 Å². The lowest BCUT2D eigenvalue weighted by Crippen LogP contribution is -2.30. The lowest BCUT2D eigenvalue weighted by molar-refractivity contribution is 0.0936. The summed E-state index contributed by atoms with van der Waals surface area (Å²) in [6.45, 7) is 2.06. The highest BCUT2D eigenvalue weighted by molar-refractivity contribution is 6.03. The van der Waals surface area contributed by atoms with E-state index in [1.54, 1.807) is 10.6 Å². The molecule has 1 aliphatic heterocycles. The fraction of sp³-hybridized carbons (Fsp3) is 0.174. The van der Waals surface area contributed by atoms with Gasteiger partial charge in [-0.15, -0.1) is 0 Å². The number of nitrogens with zero attached hydrogens (tertiary/aromatic N) is 2. The zero-order chi connectivity index (χ0) is 19.3. The zero-order valence-corrected chi connectivity index (χ0v) is 15.5. The van der Waals surface area contributed by atoms with Crippen LogP contribution in [0.2, 0.25) is 0 Å². The number of hydrogen-bond acceptors (Lipinski definition) is 3. The Morgan fingerprint density at radius 2 is 1.71 bits per heavy atom. The lowest BCUT2D eigenvalue weighted by atomic mass is 10.0. The molecular weight excluding hydrogens is 350 g/mol. The smallest absolute Gasteiger partial charge is 0.266 e. The Balaban J connectivity index is 1.93. The van der Waals surface area contributed by atoms with E-state index in [2.05, 4.69) is 12.2 Å². The van der Waals surface area contributed by atoms with Crippen LogP contribution in [0.3, 0.4) is 0 Å². The van der Waals surface area contributed by atoms with Crippen molar-refractivity contribution in [3.63, 3.8) is 0 Å². The summed E-state index contributed by atoms with van der Waals surface area (Å²) in [5, 5.41) is 5.59. The number of aromatic nitrogens is 2. The van der Waals surface area contributed by atoms with Crippen LogP contribution in [0.4, 0.5) is 0 Å². The Labute approximate surface area is 161 Å². The highest BCUT2D eigenvalue weighted by Gasteiger charge is 2.29. The molecule has 1 aliphatic rings. The van der Waals surface area contributed by atoms with E-state index in [9.17, 15) is 9.59 Å². The molecule has 1 atom stereocenters. The van der Waals surface area contributed by atoms with Gasteiger partial charge in [0.15, 0.2) is 0 Å². The summed E-state index contributed by atoms with van der Waals surface area (Å²) in [6, 6.07) is 18.7. The fourth-order valence-electron chi connectivity index (χ4n) is 4.00. The molecule has 1 N–H and O–H groups in total. The first-order valence-electron chi connectivity index (χ1n) is 9.53. The van der Waals surface area contributed by atoms with E-state index in [1.165, 1.54) is 0 Å². The first-order chi connectivity index (χ1) is 13.7. The normalized spacial score (nSPS) is 15.8.